The smallest absolute Gasteiger partial charge is 0.417 e. The van der Waals surface area contributed by atoms with E-state index in [4.69, 9.17) is 14.5 Å². The number of hydrogen-bond donors (Lipinski definition) is 1. The van der Waals surface area contributed by atoms with E-state index < -0.39 is 28.8 Å². The van der Waals surface area contributed by atoms with Gasteiger partial charge < -0.3 is 19.7 Å². The second kappa shape index (κ2) is 11.7. The minimum Gasteiger partial charge on any atom is -0.443 e. The molecule has 250 valence electrons. The summed E-state index contributed by atoms with van der Waals surface area (Å²) in [7, 11) is 3.92. The fraction of sp³-hybridized carbons (Fsp3) is 0.400. The normalized spacial score (nSPS) is 17.1. The van der Waals surface area contributed by atoms with E-state index in [0.717, 1.165) is 10.5 Å². The highest BCUT2D eigenvalue weighted by Gasteiger charge is 2.52. The Hall–Kier alpha value is -4.88. The van der Waals surface area contributed by atoms with Crippen LogP contribution in [-0.2, 0) is 26.2 Å². The van der Waals surface area contributed by atoms with Crippen molar-refractivity contribution in [3.05, 3.63) is 71.3 Å². The number of likely N-dealkylation sites (N-methyl/N-ethyl adjacent to an activating group) is 1. The summed E-state index contributed by atoms with van der Waals surface area (Å²) in [6, 6.07) is 10.0. The largest absolute Gasteiger partial charge is 0.443 e. The van der Waals surface area contributed by atoms with Crippen molar-refractivity contribution >= 4 is 40.9 Å². The minimum atomic E-state index is -0.812. The number of rotatable bonds is 6. The van der Waals surface area contributed by atoms with E-state index in [9.17, 15) is 18.8 Å². The lowest BCUT2D eigenvalue weighted by Crippen LogP contribution is -2.45. The molecule has 0 bridgehead atoms. The lowest BCUT2D eigenvalue weighted by Gasteiger charge is -2.32. The SMILES string of the molecule is CN(C)CCN1C(=O)C2(CCOCC2)c2ccc(Nc3ccc(-c4cnc5cc(F)ccn45)c4c3C(=O)N(C(=O)OC(C)(C)C)C4)nc21. The number of nitrogens with zero attached hydrogens (tertiary/aromatic N) is 6. The summed E-state index contributed by atoms with van der Waals surface area (Å²) in [5.41, 5.74) is 2.44. The monoisotopic (exact) mass is 655 g/mol. The summed E-state index contributed by atoms with van der Waals surface area (Å²) in [4.78, 5) is 55.4. The molecular weight excluding hydrogens is 617 g/mol. The number of imidazole rings is 1. The van der Waals surface area contributed by atoms with Crippen LogP contribution in [0.2, 0.25) is 0 Å². The van der Waals surface area contributed by atoms with E-state index in [2.05, 4.69) is 10.3 Å². The van der Waals surface area contributed by atoms with Gasteiger partial charge in [0.2, 0.25) is 5.91 Å². The molecular formula is C35H38FN7O5. The third-order valence-corrected chi connectivity index (χ3v) is 9.13. The molecule has 48 heavy (non-hydrogen) atoms. The minimum absolute atomic E-state index is 0.0304. The van der Waals surface area contributed by atoms with E-state index in [1.54, 1.807) is 48.5 Å². The van der Waals surface area contributed by atoms with E-state index in [-0.39, 0.29) is 12.5 Å². The van der Waals surface area contributed by atoms with E-state index >= 15 is 0 Å². The Kier molecular flexibility index (Phi) is 7.71. The van der Waals surface area contributed by atoms with Crippen molar-refractivity contribution in [3.63, 3.8) is 0 Å². The van der Waals surface area contributed by atoms with Crippen LogP contribution in [0.5, 0.6) is 0 Å². The Balaban J connectivity index is 1.30. The van der Waals surface area contributed by atoms with Gasteiger partial charge in [0, 0.05) is 49.7 Å². The molecule has 0 radical (unpaired) electrons. The Labute approximate surface area is 277 Å². The van der Waals surface area contributed by atoms with E-state index in [0.29, 0.717) is 84.5 Å². The van der Waals surface area contributed by atoms with Crippen LogP contribution in [0.3, 0.4) is 0 Å². The summed E-state index contributed by atoms with van der Waals surface area (Å²) < 4.78 is 26.9. The van der Waals surface area contributed by atoms with Crippen molar-refractivity contribution in [3.8, 4) is 11.3 Å². The van der Waals surface area contributed by atoms with Crippen LogP contribution in [0.1, 0.15) is 55.1 Å². The Morgan fingerprint density at radius 2 is 1.90 bits per heavy atom. The lowest BCUT2D eigenvalue weighted by atomic mass is 9.75. The number of benzene rings is 1. The van der Waals surface area contributed by atoms with Crippen LogP contribution in [0, 0.1) is 5.82 Å². The molecule has 0 atom stereocenters. The fourth-order valence-corrected chi connectivity index (χ4v) is 6.80. The zero-order valence-corrected chi connectivity index (χ0v) is 27.7. The van der Waals surface area contributed by atoms with Gasteiger partial charge in [0.15, 0.2) is 0 Å². The van der Waals surface area contributed by atoms with Crippen molar-refractivity contribution in [1.82, 2.24) is 24.2 Å². The maximum atomic E-state index is 14.0. The van der Waals surface area contributed by atoms with Crippen molar-refractivity contribution in [2.24, 2.45) is 0 Å². The molecule has 1 spiro atoms. The second-order valence-corrected chi connectivity index (χ2v) is 13.7. The third-order valence-electron chi connectivity index (χ3n) is 9.13. The molecule has 3 aromatic heterocycles. The van der Waals surface area contributed by atoms with Gasteiger partial charge in [-0.05, 0) is 71.5 Å². The molecule has 1 aromatic carbocycles. The molecule has 4 aromatic rings. The highest BCUT2D eigenvalue weighted by Crippen LogP contribution is 2.47. The third kappa shape index (κ3) is 5.36. The van der Waals surface area contributed by atoms with Gasteiger partial charge in [0.25, 0.3) is 5.91 Å². The van der Waals surface area contributed by atoms with E-state index in [1.165, 1.54) is 12.1 Å². The van der Waals surface area contributed by atoms with Crippen molar-refractivity contribution < 1.29 is 28.2 Å². The van der Waals surface area contributed by atoms with Crippen LogP contribution in [0.4, 0.5) is 26.5 Å². The molecule has 13 heteroatoms. The van der Waals surface area contributed by atoms with Crippen LogP contribution in [-0.4, -0.2) is 88.1 Å². The second-order valence-electron chi connectivity index (χ2n) is 13.7. The number of carbonyl (C=O) groups is 3. The highest BCUT2D eigenvalue weighted by atomic mass is 19.1. The Morgan fingerprint density at radius 3 is 2.62 bits per heavy atom. The number of anilines is 3. The van der Waals surface area contributed by atoms with Gasteiger partial charge in [-0.15, -0.1) is 0 Å². The maximum absolute atomic E-state index is 14.0. The molecule has 0 unspecified atom stereocenters. The number of carbonyl (C=O) groups excluding carboxylic acids is 3. The number of fused-ring (bicyclic) bond motifs is 4. The highest BCUT2D eigenvalue weighted by molar-refractivity contribution is 6.12. The van der Waals surface area contributed by atoms with Crippen molar-refractivity contribution in [2.75, 3.05) is 50.6 Å². The zero-order chi connectivity index (χ0) is 34.0. The number of halogens is 1. The van der Waals surface area contributed by atoms with Crippen LogP contribution < -0.4 is 10.2 Å². The first-order chi connectivity index (χ1) is 22.9. The molecule has 1 saturated heterocycles. The number of ether oxygens (including phenoxy) is 2. The molecule has 1 N–H and O–H groups in total. The lowest BCUT2D eigenvalue weighted by molar-refractivity contribution is -0.126. The number of imide groups is 1. The summed E-state index contributed by atoms with van der Waals surface area (Å²) in [5.74, 6) is 0.149. The predicted molar refractivity (Wildman–Crippen MR) is 177 cm³/mol. The number of pyridine rings is 2. The van der Waals surface area contributed by atoms with E-state index in [1.807, 2.05) is 37.2 Å². The van der Waals surface area contributed by atoms with Gasteiger partial charge in [-0.3, -0.25) is 18.9 Å². The van der Waals surface area contributed by atoms with Crippen LogP contribution >= 0.6 is 0 Å². The Bertz CT molecular complexity index is 1960. The summed E-state index contributed by atoms with van der Waals surface area (Å²) in [6.07, 6.45) is 3.62. The maximum Gasteiger partial charge on any atom is 0.417 e. The molecule has 6 heterocycles. The standard InChI is InChI=1S/C35H38FN7O5/c1-34(2,3)48-33(46)43-20-23-22(26-19-37-28-18-21(36)10-13-41(26)28)6-8-25(29(23)31(43)44)38-27-9-7-24-30(39-27)42(15-14-40(4)5)32(45)35(24)11-16-47-17-12-35/h6-10,13,18-19H,11-12,14-17,20H2,1-5H3,(H,38,39). The molecule has 3 aliphatic heterocycles. The topological polar surface area (TPSA) is 122 Å². The summed E-state index contributed by atoms with van der Waals surface area (Å²) in [5, 5.41) is 3.33. The van der Waals surface area contributed by atoms with Crippen molar-refractivity contribution in [2.45, 2.75) is 51.2 Å². The summed E-state index contributed by atoms with van der Waals surface area (Å²) >= 11 is 0. The first-order valence-corrected chi connectivity index (χ1v) is 16.0. The average molecular weight is 656 g/mol. The zero-order valence-electron chi connectivity index (χ0n) is 27.7. The van der Waals surface area contributed by atoms with Crippen molar-refractivity contribution in [1.29, 1.82) is 0 Å². The van der Waals surface area contributed by atoms with Gasteiger partial charge in [0.05, 0.1) is 35.1 Å². The molecule has 7 rings (SSSR count). The van der Waals surface area contributed by atoms with Crippen LogP contribution in [0.25, 0.3) is 16.9 Å². The van der Waals surface area contributed by atoms with Gasteiger partial charge in [-0.2, -0.15) is 0 Å². The fourth-order valence-electron chi connectivity index (χ4n) is 6.80. The Morgan fingerprint density at radius 1 is 1.12 bits per heavy atom. The molecule has 0 aliphatic carbocycles. The first-order valence-electron chi connectivity index (χ1n) is 16.0. The first kappa shape index (κ1) is 31.7. The molecule has 12 nitrogen and oxygen atoms in total. The quantitative estimate of drug-likeness (QED) is 0.302. The van der Waals surface area contributed by atoms with Gasteiger partial charge in [0.1, 0.15) is 28.7 Å². The number of nitrogens with one attached hydrogen (secondary N) is 1. The molecule has 0 saturated carbocycles. The predicted octanol–water partition coefficient (Wildman–Crippen LogP) is 5.13. The molecule has 3 aliphatic rings. The number of amides is 3. The number of hydrogen-bond acceptors (Lipinski definition) is 9. The summed E-state index contributed by atoms with van der Waals surface area (Å²) in [6.45, 7) is 7.34. The van der Waals surface area contributed by atoms with Gasteiger partial charge >= 0.3 is 6.09 Å². The average Bonchev–Trinajstić information content (AvgIpc) is 3.67. The van der Waals surface area contributed by atoms with Crippen LogP contribution in [0.15, 0.2) is 48.8 Å². The molecule has 3 amide bonds. The number of aromatic nitrogens is 3. The molecule has 1 fully saturated rings. The van der Waals surface area contributed by atoms with Gasteiger partial charge in [-0.1, -0.05) is 12.1 Å². The van der Waals surface area contributed by atoms with Gasteiger partial charge in [-0.25, -0.2) is 24.1 Å².